The molecule has 2 saturated heterocycles. The van der Waals surface area contributed by atoms with E-state index in [1.54, 1.807) is 6.92 Å². The van der Waals surface area contributed by atoms with Gasteiger partial charge in [0.25, 0.3) is 0 Å². The number of carbonyl (C=O) groups is 1. The molecule has 2 aromatic rings. The molecule has 1 aromatic heterocycles. The number of fused-ring (bicyclic) bond motifs is 1. The summed E-state index contributed by atoms with van der Waals surface area (Å²) in [6.07, 6.45) is 2.05. The fraction of sp³-hybridized carbons (Fsp3) is 0.500. The first kappa shape index (κ1) is 16.3. The molecule has 132 valence electrons. The predicted octanol–water partition coefficient (Wildman–Crippen LogP) is 2.55. The second kappa shape index (κ2) is 6.64. The standard InChI is InChI=1S/C20H26N4O/c1-3-23-10-9-18(21-23)13-22-11-17-12-24(15(2)25)20(19(17)14-22)16-7-5-4-6-8-16/h4-10,17,19-20H,3,11-14H2,1-2H3/t17-,19-,20+/m1/s1. The minimum atomic E-state index is 0.191. The Labute approximate surface area is 149 Å². The summed E-state index contributed by atoms with van der Waals surface area (Å²) in [5.74, 6) is 1.26. The Bertz CT molecular complexity index is 741. The Balaban J connectivity index is 1.51. The van der Waals surface area contributed by atoms with Crippen molar-refractivity contribution in [2.24, 2.45) is 11.8 Å². The quantitative estimate of drug-likeness (QED) is 0.860. The fourth-order valence-corrected chi connectivity index (χ4v) is 4.56. The Morgan fingerprint density at radius 2 is 1.96 bits per heavy atom. The number of carbonyl (C=O) groups excluding carboxylic acids is 1. The van der Waals surface area contributed by atoms with Crippen LogP contribution < -0.4 is 0 Å². The van der Waals surface area contributed by atoms with Gasteiger partial charge in [-0.25, -0.2) is 0 Å². The third-order valence-electron chi connectivity index (χ3n) is 5.69. The topological polar surface area (TPSA) is 41.4 Å². The van der Waals surface area contributed by atoms with Crippen LogP contribution in [0.25, 0.3) is 0 Å². The zero-order chi connectivity index (χ0) is 17.4. The average Bonchev–Trinajstić information content (AvgIpc) is 3.29. The summed E-state index contributed by atoms with van der Waals surface area (Å²) >= 11 is 0. The van der Waals surface area contributed by atoms with Crippen LogP contribution in [0.1, 0.15) is 31.1 Å². The lowest BCUT2D eigenvalue weighted by atomic mass is 9.89. The summed E-state index contributed by atoms with van der Waals surface area (Å²) in [4.78, 5) is 16.8. The molecule has 4 rings (SSSR count). The number of rotatable bonds is 4. The van der Waals surface area contributed by atoms with E-state index in [0.29, 0.717) is 11.8 Å². The molecular formula is C20H26N4O. The number of hydrogen-bond acceptors (Lipinski definition) is 3. The molecule has 2 aliphatic heterocycles. The molecule has 0 N–H and O–H groups in total. The Kier molecular flexibility index (Phi) is 4.34. The highest BCUT2D eigenvalue weighted by Crippen LogP contribution is 2.45. The molecule has 1 aromatic carbocycles. The maximum absolute atomic E-state index is 12.2. The number of benzene rings is 1. The normalized spacial score (nSPS) is 26.2. The number of amides is 1. The van der Waals surface area contributed by atoms with Crippen LogP contribution >= 0.6 is 0 Å². The monoisotopic (exact) mass is 338 g/mol. The summed E-state index contributed by atoms with van der Waals surface area (Å²) < 4.78 is 1.98. The highest BCUT2D eigenvalue weighted by atomic mass is 16.2. The van der Waals surface area contributed by atoms with Gasteiger partial charge in [0.05, 0.1) is 11.7 Å². The Morgan fingerprint density at radius 3 is 2.64 bits per heavy atom. The maximum atomic E-state index is 12.2. The molecule has 0 spiro atoms. The van der Waals surface area contributed by atoms with E-state index in [-0.39, 0.29) is 11.9 Å². The zero-order valence-corrected chi connectivity index (χ0v) is 15.0. The third-order valence-corrected chi connectivity index (χ3v) is 5.69. The second-order valence-electron chi connectivity index (χ2n) is 7.31. The summed E-state index contributed by atoms with van der Waals surface area (Å²) in [5, 5.41) is 4.62. The lowest BCUT2D eigenvalue weighted by Gasteiger charge is -2.29. The average molecular weight is 338 g/mol. The van der Waals surface area contributed by atoms with Gasteiger partial charge < -0.3 is 4.90 Å². The van der Waals surface area contributed by atoms with Crippen molar-refractivity contribution < 1.29 is 4.79 Å². The molecule has 0 aliphatic carbocycles. The smallest absolute Gasteiger partial charge is 0.219 e. The zero-order valence-electron chi connectivity index (χ0n) is 15.0. The van der Waals surface area contributed by atoms with Crippen molar-refractivity contribution >= 4 is 5.91 Å². The van der Waals surface area contributed by atoms with E-state index >= 15 is 0 Å². The summed E-state index contributed by atoms with van der Waals surface area (Å²) in [6, 6.07) is 12.8. The number of aromatic nitrogens is 2. The van der Waals surface area contributed by atoms with Gasteiger partial charge >= 0.3 is 0 Å². The van der Waals surface area contributed by atoms with Crippen molar-refractivity contribution in [2.75, 3.05) is 19.6 Å². The van der Waals surface area contributed by atoms with Crippen molar-refractivity contribution in [3.05, 3.63) is 53.9 Å². The molecule has 2 aliphatic rings. The van der Waals surface area contributed by atoms with Gasteiger partial charge in [0, 0.05) is 51.8 Å². The molecule has 0 unspecified atom stereocenters. The van der Waals surface area contributed by atoms with Gasteiger partial charge in [0.1, 0.15) is 0 Å². The van der Waals surface area contributed by atoms with Crippen LogP contribution in [0.5, 0.6) is 0 Å². The highest BCUT2D eigenvalue weighted by Gasteiger charge is 2.48. The molecule has 1 amide bonds. The van der Waals surface area contributed by atoms with Crippen LogP contribution in [0.15, 0.2) is 42.6 Å². The van der Waals surface area contributed by atoms with Gasteiger partial charge in [0.2, 0.25) is 5.91 Å². The maximum Gasteiger partial charge on any atom is 0.219 e. The molecular weight excluding hydrogens is 312 g/mol. The minimum Gasteiger partial charge on any atom is -0.335 e. The van der Waals surface area contributed by atoms with Gasteiger partial charge in [-0.15, -0.1) is 0 Å². The van der Waals surface area contributed by atoms with Crippen molar-refractivity contribution in [3.8, 4) is 0 Å². The Hall–Kier alpha value is -2.14. The minimum absolute atomic E-state index is 0.191. The van der Waals surface area contributed by atoms with Crippen molar-refractivity contribution in [3.63, 3.8) is 0 Å². The van der Waals surface area contributed by atoms with Crippen LogP contribution in [-0.2, 0) is 17.9 Å². The van der Waals surface area contributed by atoms with E-state index in [9.17, 15) is 4.79 Å². The van der Waals surface area contributed by atoms with Crippen LogP contribution in [0.3, 0.4) is 0 Å². The number of aryl methyl sites for hydroxylation is 1. The van der Waals surface area contributed by atoms with E-state index in [4.69, 9.17) is 0 Å². The van der Waals surface area contributed by atoms with E-state index in [2.05, 4.69) is 58.4 Å². The van der Waals surface area contributed by atoms with Crippen molar-refractivity contribution in [1.82, 2.24) is 19.6 Å². The van der Waals surface area contributed by atoms with Gasteiger partial charge in [0.15, 0.2) is 0 Å². The van der Waals surface area contributed by atoms with Gasteiger partial charge in [-0.05, 0) is 24.5 Å². The predicted molar refractivity (Wildman–Crippen MR) is 96.7 cm³/mol. The summed E-state index contributed by atoms with van der Waals surface area (Å²) in [6.45, 7) is 8.59. The number of likely N-dealkylation sites (tertiary alicyclic amines) is 2. The van der Waals surface area contributed by atoms with Crippen LogP contribution in [-0.4, -0.2) is 45.1 Å². The lowest BCUT2D eigenvalue weighted by Crippen LogP contribution is -2.34. The van der Waals surface area contributed by atoms with Crippen molar-refractivity contribution in [1.29, 1.82) is 0 Å². The molecule has 0 radical (unpaired) electrons. The van der Waals surface area contributed by atoms with Crippen LogP contribution in [0, 0.1) is 11.8 Å². The summed E-state index contributed by atoms with van der Waals surface area (Å²) in [7, 11) is 0. The van der Waals surface area contributed by atoms with E-state index in [1.807, 2.05) is 10.7 Å². The fourth-order valence-electron chi connectivity index (χ4n) is 4.56. The number of nitrogens with zero attached hydrogens (tertiary/aromatic N) is 4. The molecule has 5 heteroatoms. The largest absolute Gasteiger partial charge is 0.335 e. The first-order valence-electron chi connectivity index (χ1n) is 9.22. The number of hydrogen-bond donors (Lipinski definition) is 0. The van der Waals surface area contributed by atoms with Gasteiger partial charge in [-0.1, -0.05) is 30.3 Å². The summed E-state index contributed by atoms with van der Waals surface area (Å²) in [5.41, 5.74) is 2.41. The first-order valence-corrected chi connectivity index (χ1v) is 9.22. The SMILES string of the molecule is CCn1ccc(CN2C[C@@H]3CN(C(C)=O)[C@@H](c4ccccc4)[C@@H]3C2)n1. The molecule has 3 atom stereocenters. The van der Waals surface area contributed by atoms with E-state index in [1.165, 1.54) is 5.56 Å². The van der Waals surface area contributed by atoms with Crippen molar-refractivity contribution in [2.45, 2.75) is 33.0 Å². The molecule has 2 fully saturated rings. The van der Waals surface area contributed by atoms with Gasteiger partial charge in [-0.3, -0.25) is 14.4 Å². The first-order chi connectivity index (χ1) is 12.2. The molecule has 3 heterocycles. The molecule has 5 nitrogen and oxygen atoms in total. The van der Waals surface area contributed by atoms with Crippen LogP contribution in [0.2, 0.25) is 0 Å². The Morgan fingerprint density at radius 1 is 1.16 bits per heavy atom. The highest BCUT2D eigenvalue weighted by molar-refractivity contribution is 5.74. The van der Waals surface area contributed by atoms with Crippen LogP contribution in [0.4, 0.5) is 0 Å². The third kappa shape index (κ3) is 3.09. The second-order valence-corrected chi connectivity index (χ2v) is 7.31. The van der Waals surface area contributed by atoms with Gasteiger partial charge in [-0.2, -0.15) is 5.10 Å². The lowest BCUT2D eigenvalue weighted by molar-refractivity contribution is -0.130. The van der Waals surface area contributed by atoms with E-state index < -0.39 is 0 Å². The van der Waals surface area contributed by atoms with E-state index in [0.717, 1.165) is 38.4 Å². The molecule has 25 heavy (non-hydrogen) atoms. The molecule has 0 bridgehead atoms. The molecule has 0 saturated carbocycles.